The Morgan fingerprint density at radius 1 is 1.38 bits per heavy atom. The summed E-state index contributed by atoms with van der Waals surface area (Å²) in [5.41, 5.74) is 0. The highest BCUT2D eigenvalue weighted by atomic mass is 32.2. The molecule has 1 aromatic heterocycles. The zero-order valence-electron chi connectivity index (χ0n) is 8.51. The van der Waals surface area contributed by atoms with Crippen molar-refractivity contribution in [2.75, 3.05) is 0 Å². The largest absolute Gasteiger partial charge is 0.340 e. The molecule has 1 heterocycles. The van der Waals surface area contributed by atoms with Gasteiger partial charge in [0.05, 0.1) is 16.6 Å². The van der Waals surface area contributed by atoms with Crippen molar-refractivity contribution in [3.63, 3.8) is 0 Å². The van der Waals surface area contributed by atoms with E-state index in [1.54, 1.807) is 6.92 Å². The summed E-state index contributed by atoms with van der Waals surface area (Å²) in [6, 6.07) is 5.51. The van der Waals surface area contributed by atoms with Crippen LogP contribution < -0.4 is 0 Å². The first kappa shape index (κ1) is 10.9. The third-order valence-electron chi connectivity index (χ3n) is 1.91. The van der Waals surface area contributed by atoms with Crippen molar-refractivity contribution in [1.29, 1.82) is 0 Å². The second-order valence-electron chi connectivity index (χ2n) is 3.17. The van der Waals surface area contributed by atoms with E-state index in [2.05, 4.69) is 10.1 Å². The van der Waals surface area contributed by atoms with Crippen LogP contribution in [0.5, 0.6) is 0 Å². The van der Waals surface area contributed by atoms with Crippen molar-refractivity contribution < 1.29 is 13.1 Å². The van der Waals surface area contributed by atoms with Crippen molar-refractivity contribution >= 4 is 10.8 Å². The van der Waals surface area contributed by atoms with E-state index in [0.717, 1.165) is 0 Å². The quantitative estimate of drug-likeness (QED) is 0.821. The number of aryl methyl sites for hydroxylation is 1. The fourth-order valence-corrected chi connectivity index (χ4v) is 2.14. The molecule has 0 N–H and O–H groups in total. The maximum absolute atomic E-state index is 12.6. The number of rotatable bonds is 3. The molecule has 2 aromatic rings. The van der Waals surface area contributed by atoms with Gasteiger partial charge in [-0.3, -0.25) is 4.21 Å². The molecule has 0 amide bonds. The van der Waals surface area contributed by atoms with E-state index in [-0.39, 0.29) is 11.6 Å². The van der Waals surface area contributed by atoms with Crippen LogP contribution in [0.4, 0.5) is 4.39 Å². The summed E-state index contributed by atoms with van der Waals surface area (Å²) in [5.74, 6) is 0.644. The van der Waals surface area contributed by atoms with Gasteiger partial charge >= 0.3 is 0 Å². The Kier molecular flexibility index (Phi) is 3.09. The molecule has 1 unspecified atom stereocenters. The molecule has 0 spiro atoms. The molecule has 0 aliphatic carbocycles. The number of hydrogen-bond acceptors (Lipinski definition) is 4. The lowest BCUT2D eigenvalue weighted by Crippen LogP contribution is -1.98. The molecule has 0 saturated heterocycles. The van der Waals surface area contributed by atoms with Gasteiger partial charge in [0.25, 0.3) is 0 Å². The van der Waals surface area contributed by atoms with E-state index in [1.807, 2.05) is 0 Å². The monoisotopic (exact) mass is 240 g/mol. The van der Waals surface area contributed by atoms with Crippen LogP contribution in [0, 0.1) is 12.7 Å². The highest BCUT2D eigenvalue weighted by Crippen LogP contribution is 2.11. The van der Waals surface area contributed by atoms with Crippen LogP contribution >= 0.6 is 0 Å². The van der Waals surface area contributed by atoms with E-state index in [1.165, 1.54) is 24.3 Å². The summed E-state index contributed by atoms with van der Waals surface area (Å²) in [5, 5.41) is 3.65. The molecule has 0 aliphatic rings. The van der Waals surface area contributed by atoms with Crippen molar-refractivity contribution in [2.24, 2.45) is 0 Å². The Labute approximate surface area is 93.9 Å². The van der Waals surface area contributed by atoms with Gasteiger partial charge in [0.15, 0.2) is 5.82 Å². The number of aromatic nitrogens is 2. The fraction of sp³-hybridized carbons (Fsp3) is 0.200. The molecule has 1 atom stereocenters. The Balaban J connectivity index is 2.11. The molecular formula is C10H9FN2O2S. The van der Waals surface area contributed by atoms with Gasteiger partial charge in [-0.2, -0.15) is 4.98 Å². The van der Waals surface area contributed by atoms with Gasteiger partial charge in [0.2, 0.25) is 5.89 Å². The normalized spacial score (nSPS) is 12.6. The van der Waals surface area contributed by atoms with Gasteiger partial charge in [-0.1, -0.05) is 5.16 Å². The number of nitrogens with zero attached hydrogens (tertiary/aromatic N) is 2. The van der Waals surface area contributed by atoms with Crippen molar-refractivity contribution in [1.82, 2.24) is 10.1 Å². The third-order valence-corrected chi connectivity index (χ3v) is 3.22. The molecule has 1 aromatic carbocycles. The van der Waals surface area contributed by atoms with Gasteiger partial charge in [-0.25, -0.2) is 4.39 Å². The Hall–Kier alpha value is -1.56. The molecule has 0 radical (unpaired) electrons. The van der Waals surface area contributed by atoms with Gasteiger partial charge < -0.3 is 4.52 Å². The van der Waals surface area contributed by atoms with Crippen LogP contribution in [0.2, 0.25) is 0 Å². The first-order valence-electron chi connectivity index (χ1n) is 4.58. The standard InChI is InChI=1S/C10H9FN2O2S/c1-7-12-10(13-15-7)6-16(14)9-4-2-8(11)3-5-9/h2-5H,6H2,1H3. The fourth-order valence-electron chi connectivity index (χ4n) is 1.19. The molecule has 16 heavy (non-hydrogen) atoms. The van der Waals surface area contributed by atoms with Crippen LogP contribution in [0.25, 0.3) is 0 Å². The van der Waals surface area contributed by atoms with Crippen LogP contribution in [0.1, 0.15) is 11.7 Å². The van der Waals surface area contributed by atoms with E-state index >= 15 is 0 Å². The topological polar surface area (TPSA) is 56.0 Å². The summed E-state index contributed by atoms with van der Waals surface area (Å²) >= 11 is 0. The van der Waals surface area contributed by atoms with Crippen molar-refractivity contribution in [3.05, 3.63) is 41.8 Å². The van der Waals surface area contributed by atoms with Gasteiger partial charge in [-0.15, -0.1) is 0 Å². The van der Waals surface area contributed by atoms with E-state index in [0.29, 0.717) is 16.6 Å². The minimum absolute atomic E-state index is 0.170. The predicted molar refractivity (Wildman–Crippen MR) is 55.5 cm³/mol. The summed E-state index contributed by atoms with van der Waals surface area (Å²) in [7, 11) is -1.28. The Bertz CT molecular complexity index is 510. The van der Waals surface area contributed by atoms with Gasteiger partial charge in [0, 0.05) is 11.8 Å². The Morgan fingerprint density at radius 3 is 2.62 bits per heavy atom. The second-order valence-corrected chi connectivity index (χ2v) is 4.62. The SMILES string of the molecule is Cc1nc(CS(=O)c2ccc(F)cc2)no1. The van der Waals surface area contributed by atoms with Crippen molar-refractivity contribution in [3.8, 4) is 0 Å². The number of hydrogen-bond donors (Lipinski definition) is 0. The lowest BCUT2D eigenvalue weighted by atomic mass is 10.4. The lowest BCUT2D eigenvalue weighted by Gasteiger charge is -1.98. The molecule has 0 bridgehead atoms. The smallest absolute Gasteiger partial charge is 0.223 e. The average molecular weight is 240 g/mol. The summed E-state index contributed by atoms with van der Waals surface area (Å²) in [4.78, 5) is 4.49. The molecule has 0 saturated carbocycles. The minimum Gasteiger partial charge on any atom is -0.340 e. The highest BCUT2D eigenvalue weighted by Gasteiger charge is 2.09. The maximum atomic E-state index is 12.6. The minimum atomic E-state index is -1.28. The first-order valence-corrected chi connectivity index (χ1v) is 5.90. The number of benzene rings is 1. The molecular weight excluding hydrogens is 231 g/mol. The van der Waals surface area contributed by atoms with Crippen LogP contribution in [-0.2, 0) is 16.6 Å². The summed E-state index contributed by atoms with van der Waals surface area (Å²) in [6.45, 7) is 1.66. The Morgan fingerprint density at radius 2 is 2.06 bits per heavy atom. The van der Waals surface area contributed by atoms with E-state index in [4.69, 9.17) is 4.52 Å². The van der Waals surface area contributed by atoms with Crippen LogP contribution in [0.3, 0.4) is 0 Å². The third kappa shape index (κ3) is 2.52. The highest BCUT2D eigenvalue weighted by molar-refractivity contribution is 7.84. The molecule has 0 fully saturated rings. The van der Waals surface area contributed by atoms with E-state index < -0.39 is 10.8 Å². The zero-order valence-corrected chi connectivity index (χ0v) is 9.33. The van der Waals surface area contributed by atoms with Crippen molar-refractivity contribution in [2.45, 2.75) is 17.6 Å². The maximum Gasteiger partial charge on any atom is 0.223 e. The summed E-state index contributed by atoms with van der Waals surface area (Å²) in [6.07, 6.45) is 0. The van der Waals surface area contributed by atoms with Gasteiger partial charge in [0.1, 0.15) is 5.82 Å². The zero-order chi connectivity index (χ0) is 11.5. The first-order chi connectivity index (χ1) is 7.65. The molecule has 4 nitrogen and oxygen atoms in total. The number of halogens is 1. The van der Waals surface area contributed by atoms with E-state index in [9.17, 15) is 8.60 Å². The lowest BCUT2D eigenvalue weighted by molar-refractivity contribution is 0.389. The average Bonchev–Trinajstić information content (AvgIpc) is 2.65. The molecule has 84 valence electrons. The summed E-state index contributed by atoms with van der Waals surface area (Å²) < 4.78 is 29.2. The van der Waals surface area contributed by atoms with Crippen LogP contribution in [-0.4, -0.2) is 14.3 Å². The molecule has 0 aliphatic heterocycles. The predicted octanol–water partition coefficient (Wildman–Crippen LogP) is 1.82. The molecule has 6 heteroatoms. The second kappa shape index (κ2) is 4.52. The molecule has 2 rings (SSSR count). The van der Waals surface area contributed by atoms with Crippen LogP contribution in [0.15, 0.2) is 33.7 Å². The van der Waals surface area contributed by atoms with Gasteiger partial charge in [-0.05, 0) is 24.3 Å².